The van der Waals surface area contributed by atoms with Crippen molar-refractivity contribution >= 4 is 105 Å². The van der Waals surface area contributed by atoms with E-state index in [9.17, 15) is 43.2 Å². The number of imidazole rings is 3. The highest BCUT2D eigenvalue weighted by atomic mass is 35.5. The van der Waals surface area contributed by atoms with Crippen LogP contribution in [0.3, 0.4) is 0 Å². The summed E-state index contributed by atoms with van der Waals surface area (Å²) in [5.41, 5.74) is 5.07. The molecule has 39 heteroatoms. The Morgan fingerprint density at radius 3 is 1.52 bits per heavy atom. The van der Waals surface area contributed by atoms with Crippen LogP contribution in [0.5, 0.6) is 0 Å². The second-order valence-electron chi connectivity index (χ2n) is 29.7. The number of amides is 9. The number of ether oxygens (including phenoxy) is 2. The molecule has 9 N–H and O–H groups in total. The number of nitrogens with zero attached hydrogens (tertiary/aromatic N) is 17. The summed E-state index contributed by atoms with van der Waals surface area (Å²) in [6.07, 6.45) is 10.9. The Bertz CT molecular complexity index is 4870. The molecular weight excluding hydrogens is 1540 g/mol. The van der Waals surface area contributed by atoms with Crippen LogP contribution in [0.4, 0.5) is 23.0 Å². The van der Waals surface area contributed by atoms with Crippen LogP contribution in [0.1, 0.15) is 131 Å². The van der Waals surface area contributed by atoms with E-state index in [4.69, 9.17) is 26.1 Å². The van der Waals surface area contributed by atoms with Crippen molar-refractivity contribution in [1.82, 2.24) is 104 Å². The van der Waals surface area contributed by atoms with E-state index in [1.807, 2.05) is 31.2 Å². The number of hydrogen-bond donors (Lipinski definition) is 9. The minimum absolute atomic E-state index is 0.0148. The van der Waals surface area contributed by atoms with Gasteiger partial charge in [0.1, 0.15) is 28.3 Å². The monoisotopic (exact) mass is 1650 g/mol. The number of piperidine rings is 1. The van der Waals surface area contributed by atoms with Crippen molar-refractivity contribution in [2.75, 3.05) is 172 Å². The maximum Gasteiger partial charge on any atom is 0.291 e. The summed E-state index contributed by atoms with van der Waals surface area (Å²) in [5, 5.41) is 35.6. The lowest BCUT2D eigenvalue weighted by Gasteiger charge is -2.38. The van der Waals surface area contributed by atoms with Crippen LogP contribution in [-0.4, -0.2) is 293 Å². The summed E-state index contributed by atoms with van der Waals surface area (Å²) >= 11 is 8.00. The number of hydrogen-bond acceptors (Lipinski definition) is 23. The first-order valence-electron chi connectivity index (χ1n) is 39.5. The molecule has 3 fully saturated rings. The first kappa shape index (κ1) is 85.5. The van der Waals surface area contributed by atoms with E-state index in [0.717, 1.165) is 144 Å². The molecular formula is C78H105ClN26O11S. The summed E-state index contributed by atoms with van der Waals surface area (Å²) in [6.45, 7) is 23.5. The number of halogens is 1. The molecule has 626 valence electrons. The first-order chi connectivity index (χ1) is 56.4. The highest BCUT2D eigenvalue weighted by molar-refractivity contribution is 7.15. The maximum atomic E-state index is 13.8. The van der Waals surface area contributed by atoms with Crippen LogP contribution in [0.2, 0.25) is 5.02 Å². The Balaban J connectivity index is 0.443. The number of fused-ring (bicyclic) bond motifs is 3. The van der Waals surface area contributed by atoms with Gasteiger partial charge in [-0.15, -0.1) is 21.5 Å². The normalized spacial score (nSPS) is 15.7. The van der Waals surface area contributed by atoms with Gasteiger partial charge in [-0.2, -0.15) is 0 Å². The van der Waals surface area contributed by atoms with Gasteiger partial charge in [0.2, 0.25) is 35.3 Å². The fraction of sp³-hybridized carbons (Fsp3) is 0.500. The van der Waals surface area contributed by atoms with Gasteiger partial charge in [-0.3, -0.25) is 72.3 Å². The van der Waals surface area contributed by atoms with Gasteiger partial charge >= 0.3 is 0 Å². The van der Waals surface area contributed by atoms with Crippen molar-refractivity contribution < 1.29 is 52.6 Å². The average molecular weight is 1650 g/mol. The lowest BCUT2D eigenvalue weighted by atomic mass is 9.99. The molecule has 4 aliphatic heterocycles. The maximum absolute atomic E-state index is 13.8. The predicted octanol–water partition coefficient (Wildman–Crippen LogP) is 2.87. The molecule has 8 aromatic rings. The van der Waals surface area contributed by atoms with Gasteiger partial charge in [0.25, 0.3) is 29.5 Å². The third kappa shape index (κ3) is 23.1. The number of benzene rings is 1. The number of anilines is 4. The van der Waals surface area contributed by atoms with E-state index in [2.05, 4.69) is 116 Å². The molecule has 3 saturated heterocycles. The molecule has 117 heavy (non-hydrogen) atoms. The Kier molecular flexibility index (Phi) is 29.5. The highest BCUT2D eigenvalue weighted by Crippen LogP contribution is 2.40. The number of likely N-dealkylation sites (tertiary alicyclic amines) is 1. The van der Waals surface area contributed by atoms with Gasteiger partial charge in [0.05, 0.1) is 49.9 Å². The van der Waals surface area contributed by atoms with E-state index in [-0.39, 0.29) is 109 Å². The van der Waals surface area contributed by atoms with Gasteiger partial charge in [0.15, 0.2) is 23.3 Å². The third-order valence-electron chi connectivity index (χ3n) is 21.2. The second-order valence-corrected chi connectivity index (χ2v) is 31.3. The van der Waals surface area contributed by atoms with E-state index >= 15 is 0 Å². The van der Waals surface area contributed by atoms with Crippen LogP contribution < -0.4 is 47.9 Å². The summed E-state index contributed by atoms with van der Waals surface area (Å²) in [7, 11) is 8.10. The summed E-state index contributed by atoms with van der Waals surface area (Å²) in [5.74, 6) is -2.03. The number of aryl methyl sites for hydroxylation is 7. The zero-order valence-electron chi connectivity index (χ0n) is 67.5. The van der Waals surface area contributed by atoms with Gasteiger partial charge in [-0.1, -0.05) is 23.7 Å². The number of aromatic nitrogens is 11. The molecule has 0 spiro atoms. The van der Waals surface area contributed by atoms with Crippen molar-refractivity contribution in [1.29, 1.82) is 0 Å². The summed E-state index contributed by atoms with van der Waals surface area (Å²) in [6, 6.07) is 10.3. The topological polar surface area (TPSA) is 403 Å². The number of rotatable bonds is 37. The Morgan fingerprint density at radius 1 is 0.504 bits per heavy atom. The molecule has 0 bridgehead atoms. The third-order valence-corrected chi connectivity index (χ3v) is 22.6. The zero-order chi connectivity index (χ0) is 82.8. The first-order valence-corrected chi connectivity index (χ1v) is 40.7. The van der Waals surface area contributed by atoms with Crippen LogP contribution >= 0.6 is 22.9 Å². The molecule has 1 aromatic carbocycles. The number of aliphatic imine (C=N–C) groups is 1. The molecule has 1 atom stereocenters. The van der Waals surface area contributed by atoms with E-state index in [1.54, 1.807) is 63.5 Å². The molecule has 0 unspecified atom stereocenters. The number of nitrogens with one attached hydrogen (secondary N) is 9. The molecule has 7 aromatic heterocycles. The predicted molar refractivity (Wildman–Crippen MR) is 440 cm³/mol. The molecule has 0 saturated carbocycles. The number of piperazine rings is 2. The molecule has 9 amide bonds. The largest absolute Gasteiger partial charge is 0.379 e. The summed E-state index contributed by atoms with van der Waals surface area (Å²) in [4.78, 5) is 149. The van der Waals surface area contributed by atoms with E-state index < -0.39 is 47.4 Å². The smallest absolute Gasteiger partial charge is 0.291 e. The molecule has 12 rings (SSSR count). The van der Waals surface area contributed by atoms with Crippen LogP contribution in [0, 0.1) is 20.8 Å². The number of carbonyl (C=O) groups excluding carboxylic acids is 9. The van der Waals surface area contributed by atoms with Crippen LogP contribution in [0.15, 0.2) is 78.6 Å². The molecule has 4 aliphatic rings. The van der Waals surface area contributed by atoms with E-state index in [1.165, 1.54) is 60.1 Å². The van der Waals surface area contributed by atoms with Gasteiger partial charge in [-0.05, 0) is 63.4 Å². The lowest BCUT2D eigenvalue weighted by molar-refractivity contribution is -0.123. The van der Waals surface area contributed by atoms with Crippen molar-refractivity contribution in [3.8, 4) is 5.00 Å². The molecule has 11 heterocycles. The fourth-order valence-corrected chi connectivity index (χ4v) is 15.8. The fourth-order valence-electron chi connectivity index (χ4n) is 14.5. The van der Waals surface area contributed by atoms with Crippen molar-refractivity contribution in [2.45, 2.75) is 71.4 Å². The lowest BCUT2D eigenvalue weighted by Crippen LogP contribution is -2.52. The molecule has 37 nitrogen and oxygen atoms in total. The highest BCUT2D eigenvalue weighted by Gasteiger charge is 2.34. The second kappa shape index (κ2) is 40.3. The van der Waals surface area contributed by atoms with Gasteiger partial charge < -0.3 is 85.1 Å². The summed E-state index contributed by atoms with van der Waals surface area (Å²) < 4.78 is 21.6. The zero-order valence-corrected chi connectivity index (χ0v) is 69.0. The standard InChI is InChI=1S/C78H105ClN26O11S/c1-50-51(2)117-78-67(50)68(53-9-11-54(79)12-10-53)88-58(69-94-93-52(3)105(69)78)45-66(109)85-55-16-23-100(24-17-55)36-41-116-42-38-104-34-30-102(31-35-104)27-26-101-28-32-103(33-29-101)37-40-115-39-22-80-63(106)13-18-84-75(112)71-91-61(48-98(71)7)89-64(107)14-19-83-74(111)60-44-57(47-97(60)6)87-77(114)72-92-62(49-99(72)8)90-65(108)15-20-82-73(110)59-43-56(46-96(59)5)86-76(113)70-81-21-25-95(70)4/h9-12,21,25,43-44,46-49,55,58H,13-20,22-24,26-42,45H2,1-8H3,(H,80,106)(H,82,110)(H,83,111)(H,84,112)(H,85,109)(H,86,113)(H,87,114)(H,89,107)(H,90,108)/t58-/m0/s1. The van der Waals surface area contributed by atoms with Gasteiger partial charge in [-0.25, -0.2) is 15.0 Å². The van der Waals surface area contributed by atoms with Crippen molar-refractivity contribution in [3.05, 3.63) is 141 Å². The quantitative estimate of drug-likeness (QED) is 0.0253. The minimum atomic E-state index is -0.631. The Hall–Kier alpha value is -10.8. The minimum Gasteiger partial charge on any atom is -0.379 e. The Labute approximate surface area is 687 Å². The van der Waals surface area contributed by atoms with Crippen molar-refractivity contribution in [3.63, 3.8) is 0 Å². The molecule has 0 aliphatic carbocycles. The Morgan fingerprint density at radius 2 is 0.991 bits per heavy atom. The van der Waals surface area contributed by atoms with Crippen LogP contribution in [0.25, 0.3) is 5.00 Å². The number of carbonyl (C=O) groups is 9. The number of thiophene rings is 1. The SMILES string of the molecule is Cc1sc2c(c1C)C(c1ccc(Cl)cc1)=N[C@@H](CC(=O)NC1CCN(CCOCCN3CCN(CCN4CCN(CCOCCNC(=O)CCNC(=O)c5nc(NC(=O)CCNC(=O)c6cc(NC(=O)c7nc(NC(=O)CCNC(=O)c8cc(NC(=O)c9nccn9C)cn8C)cn7C)cn6C)cn5C)CC4)CC3)CC1)c1nnc(C)n1-2. The van der Waals surface area contributed by atoms with Crippen molar-refractivity contribution in [2.24, 2.45) is 40.2 Å². The van der Waals surface area contributed by atoms with Crippen LogP contribution in [-0.2, 0) is 63.9 Å². The van der Waals surface area contributed by atoms with Gasteiger partial charge in [0, 0.05) is 243 Å². The van der Waals surface area contributed by atoms with E-state index in [0.29, 0.717) is 49.5 Å². The molecule has 0 radical (unpaired) electrons. The average Bonchev–Trinajstić information content (AvgIpc) is 1.59.